The molecule has 0 spiro atoms. The maximum Gasteiger partial charge on any atom is 0.360 e. The van der Waals surface area contributed by atoms with Gasteiger partial charge in [0.15, 0.2) is 5.69 Å². The second-order valence-electron chi connectivity index (χ2n) is 3.53. The average Bonchev–Trinajstić information content (AvgIpc) is 2.96. The van der Waals surface area contributed by atoms with Crippen molar-refractivity contribution in [1.82, 2.24) is 4.98 Å². The van der Waals surface area contributed by atoms with E-state index < -0.39 is 5.97 Å². The number of furan rings is 1. The van der Waals surface area contributed by atoms with E-state index in [0.717, 1.165) is 0 Å². The molecular weight excluding hydrogens is 234 g/mol. The van der Waals surface area contributed by atoms with Crippen molar-refractivity contribution < 1.29 is 18.4 Å². The van der Waals surface area contributed by atoms with E-state index >= 15 is 0 Å². The molecule has 2 aromatic heterocycles. The molecule has 94 valence electrons. The lowest BCUT2D eigenvalue weighted by molar-refractivity contribution is 0.0518. The van der Waals surface area contributed by atoms with E-state index in [-0.39, 0.29) is 5.69 Å². The molecule has 0 aliphatic heterocycles. The summed E-state index contributed by atoms with van der Waals surface area (Å²) >= 11 is 0. The SMILES string of the molecule is CCOC(=O)c1nc(/C=C/c2ccco2)oc1C. The maximum absolute atomic E-state index is 11.5. The van der Waals surface area contributed by atoms with Crippen molar-refractivity contribution in [1.29, 1.82) is 0 Å². The molecule has 0 saturated heterocycles. The molecule has 0 aliphatic rings. The van der Waals surface area contributed by atoms with Gasteiger partial charge in [-0.05, 0) is 32.1 Å². The lowest BCUT2D eigenvalue weighted by atomic mass is 10.4. The molecule has 0 atom stereocenters. The van der Waals surface area contributed by atoms with Crippen molar-refractivity contribution in [3.05, 3.63) is 41.5 Å². The predicted molar refractivity (Wildman–Crippen MR) is 64.8 cm³/mol. The number of nitrogens with zero attached hydrogens (tertiary/aromatic N) is 1. The van der Waals surface area contributed by atoms with Crippen molar-refractivity contribution in [3.63, 3.8) is 0 Å². The van der Waals surface area contributed by atoms with Gasteiger partial charge >= 0.3 is 5.97 Å². The summed E-state index contributed by atoms with van der Waals surface area (Å²) < 4.78 is 15.3. The van der Waals surface area contributed by atoms with Gasteiger partial charge in [0.25, 0.3) is 0 Å². The molecule has 5 heteroatoms. The van der Waals surface area contributed by atoms with Gasteiger partial charge in [-0.15, -0.1) is 0 Å². The standard InChI is InChI=1S/C13H13NO4/c1-3-16-13(15)12-9(2)18-11(14-12)7-6-10-5-4-8-17-10/h4-8H,3H2,1-2H3/b7-6+. The van der Waals surface area contributed by atoms with Gasteiger partial charge in [-0.25, -0.2) is 9.78 Å². The highest BCUT2D eigenvalue weighted by Gasteiger charge is 2.16. The van der Waals surface area contributed by atoms with Crippen LogP contribution in [0.5, 0.6) is 0 Å². The Morgan fingerprint density at radius 2 is 2.33 bits per heavy atom. The molecule has 0 amide bonds. The average molecular weight is 247 g/mol. The largest absolute Gasteiger partial charge is 0.465 e. The summed E-state index contributed by atoms with van der Waals surface area (Å²) in [6, 6.07) is 3.59. The van der Waals surface area contributed by atoms with E-state index in [1.165, 1.54) is 0 Å². The van der Waals surface area contributed by atoms with Crippen LogP contribution in [0.4, 0.5) is 0 Å². The number of aryl methyl sites for hydroxylation is 1. The topological polar surface area (TPSA) is 65.5 Å². The summed E-state index contributed by atoms with van der Waals surface area (Å²) in [5, 5.41) is 0. The highest BCUT2D eigenvalue weighted by Crippen LogP contribution is 2.14. The molecule has 5 nitrogen and oxygen atoms in total. The number of ether oxygens (including phenoxy) is 1. The van der Waals surface area contributed by atoms with Gasteiger partial charge in [0.05, 0.1) is 12.9 Å². The fourth-order valence-electron chi connectivity index (χ4n) is 1.42. The van der Waals surface area contributed by atoms with E-state index in [0.29, 0.717) is 24.0 Å². The Labute approximate surface area is 104 Å². The van der Waals surface area contributed by atoms with Gasteiger partial charge in [-0.3, -0.25) is 0 Å². The Hall–Kier alpha value is -2.30. The molecule has 2 aromatic rings. The first-order valence-corrected chi connectivity index (χ1v) is 5.57. The van der Waals surface area contributed by atoms with Gasteiger partial charge in [0.1, 0.15) is 11.5 Å². The fourth-order valence-corrected chi connectivity index (χ4v) is 1.42. The minimum absolute atomic E-state index is 0.205. The Morgan fingerprint density at radius 3 is 3.00 bits per heavy atom. The Kier molecular flexibility index (Phi) is 3.62. The Balaban J connectivity index is 2.16. The highest BCUT2D eigenvalue weighted by molar-refractivity contribution is 5.88. The van der Waals surface area contributed by atoms with Crippen LogP contribution in [0.1, 0.15) is 34.8 Å². The number of carbonyl (C=O) groups is 1. The quantitative estimate of drug-likeness (QED) is 0.777. The summed E-state index contributed by atoms with van der Waals surface area (Å²) in [6.45, 7) is 3.72. The van der Waals surface area contributed by atoms with Crippen LogP contribution in [0, 0.1) is 6.92 Å². The minimum Gasteiger partial charge on any atom is -0.465 e. The van der Waals surface area contributed by atoms with Crippen LogP contribution < -0.4 is 0 Å². The Bertz CT molecular complexity index is 552. The molecular formula is C13H13NO4. The number of oxazole rings is 1. The second kappa shape index (κ2) is 5.35. The zero-order valence-corrected chi connectivity index (χ0v) is 10.2. The molecule has 0 aliphatic carbocycles. The van der Waals surface area contributed by atoms with E-state index in [9.17, 15) is 4.79 Å². The van der Waals surface area contributed by atoms with E-state index in [1.54, 1.807) is 44.4 Å². The third-order valence-corrected chi connectivity index (χ3v) is 2.22. The first-order valence-electron chi connectivity index (χ1n) is 5.57. The maximum atomic E-state index is 11.5. The first kappa shape index (κ1) is 12.2. The van der Waals surface area contributed by atoms with Crippen LogP contribution in [0.25, 0.3) is 12.2 Å². The van der Waals surface area contributed by atoms with Crippen LogP contribution in [0.3, 0.4) is 0 Å². The third-order valence-electron chi connectivity index (χ3n) is 2.22. The van der Waals surface area contributed by atoms with Gasteiger partial charge < -0.3 is 13.6 Å². The summed E-state index contributed by atoms with van der Waals surface area (Å²) in [4.78, 5) is 15.6. The Morgan fingerprint density at radius 1 is 1.50 bits per heavy atom. The first-order chi connectivity index (χ1) is 8.70. The summed E-state index contributed by atoms with van der Waals surface area (Å²) in [6.07, 6.45) is 4.92. The van der Waals surface area contributed by atoms with E-state index in [1.807, 2.05) is 0 Å². The van der Waals surface area contributed by atoms with Crippen molar-refractivity contribution in [2.75, 3.05) is 6.61 Å². The van der Waals surface area contributed by atoms with Crippen molar-refractivity contribution in [2.24, 2.45) is 0 Å². The lowest BCUT2D eigenvalue weighted by Gasteiger charge is -1.96. The minimum atomic E-state index is -0.476. The number of aromatic nitrogens is 1. The van der Waals surface area contributed by atoms with E-state index in [4.69, 9.17) is 13.6 Å². The van der Waals surface area contributed by atoms with Gasteiger partial charge in [0, 0.05) is 6.08 Å². The van der Waals surface area contributed by atoms with Crippen LogP contribution >= 0.6 is 0 Å². The van der Waals surface area contributed by atoms with Crippen molar-refractivity contribution in [3.8, 4) is 0 Å². The molecule has 0 saturated carbocycles. The van der Waals surface area contributed by atoms with Crippen LogP contribution in [-0.2, 0) is 4.74 Å². The van der Waals surface area contributed by atoms with Gasteiger partial charge in [0.2, 0.25) is 5.89 Å². The second-order valence-corrected chi connectivity index (χ2v) is 3.53. The highest BCUT2D eigenvalue weighted by atomic mass is 16.5. The smallest absolute Gasteiger partial charge is 0.360 e. The van der Waals surface area contributed by atoms with Crippen LogP contribution in [-0.4, -0.2) is 17.6 Å². The van der Waals surface area contributed by atoms with Crippen LogP contribution in [0.2, 0.25) is 0 Å². The molecule has 2 rings (SSSR count). The van der Waals surface area contributed by atoms with Gasteiger partial charge in [-0.2, -0.15) is 0 Å². The fraction of sp³-hybridized carbons (Fsp3) is 0.231. The van der Waals surface area contributed by atoms with E-state index in [2.05, 4.69) is 4.98 Å². The number of esters is 1. The zero-order valence-electron chi connectivity index (χ0n) is 10.2. The molecule has 0 bridgehead atoms. The normalized spacial score (nSPS) is 11.0. The molecule has 0 unspecified atom stereocenters. The molecule has 0 radical (unpaired) electrons. The molecule has 18 heavy (non-hydrogen) atoms. The predicted octanol–water partition coefficient (Wildman–Crippen LogP) is 2.92. The number of rotatable bonds is 4. The summed E-state index contributed by atoms with van der Waals surface area (Å²) in [7, 11) is 0. The monoisotopic (exact) mass is 247 g/mol. The molecule has 0 fully saturated rings. The molecule has 0 N–H and O–H groups in total. The molecule has 0 aromatic carbocycles. The number of hydrogen-bond acceptors (Lipinski definition) is 5. The van der Waals surface area contributed by atoms with Crippen LogP contribution in [0.15, 0.2) is 27.2 Å². The van der Waals surface area contributed by atoms with Gasteiger partial charge in [-0.1, -0.05) is 0 Å². The summed E-state index contributed by atoms with van der Waals surface area (Å²) in [5.41, 5.74) is 0.205. The van der Waals surface area contributed by atoms with Crippen molar-refractivity contribution >= 4 is 18.1 Å². The number of hydrogen-bond donors (Lipinski definition) is 0. The van der Waals surface area contributed by atoms with Crippen molar-refractivity contribution in [2.45, 2.75) is 13.8 Å². The lowest BCUT2D eigenvalue weighted by Crippen LogP contribution is -2.06. The third kappa shape index (κ3) is 2.68. The number of carbonyl (C=O) groups excluding carboxylic acids is 1. The zero-order chi connectivity index (χ0) is 13.0. The molecule has 2 heterocycles. The summed E-state index contributed by atoms with van der Waals surface area (Å²) in [5.74, 6) is 0.986.